The van der Waals surface area contributed by atoms with Crippen LogP contribution in [0.5, 0.6) is 5.75 Å². The highest BCUT2D eigenvalue weighted by Gasteiger charge is 2.26. The van der Waals surface area contributed by atoms with Crippen LogP contribution in [0.1, 0.15) is 46.5 Å². The van der Waals surface area contributed by atoms with Gasteiger partial charge in [-0.1, -0.05) is 13.8 Å². The first-order valence-corrected chi connectivity index (χ1v) is 7.62. The zero-order valence-corrected chi connectivity index (χ0v) is 13.5. The van der Waals surface area contributed by atoms with E-state index in [1.807, 2.05) is 18.2 Å². The third kappa shape index (κ3) is 4.38. The van der Waals surface area contributed by atoms with Crippen LogP contribution in [0, 0.1) is 5.41 Å². The molecule has 0 heterocycles. The van der Waals surface area contributed by atoms with E-state index in [-0.39, 0.29) is 5.91 Å². The Morgan fingerprint density at radius 2 is 1.95 bits per heavy atom. The zero-order valence-electron chi connectivity index (χ0n) is 13.5. The summed E-state index contributed by atoms with van der Waals surface area (Å²) in [6, 6.07) is 6.35. The molecule has 0 aromatic heterocycles. The van der Waals surface area contributed by atoms with Gasteiger partial charge in [-0.25, -0.2) is 0 Å². The lowest BCUT2D eigenvalue weighted by Crippen LogP contribution is -2.29. The molecule has 0 atom stereocenters. The fourth-order valence-electron chi connectivity index (χ4n) is 2.85. The number of nitrogens with one attached hydrogen (secondary N) is 2. The molecule has 4 nitrogen and oxygen atoms in total. The van der Waals surface area contributed by atoms with Gasteiger partial charge < -0.3 is 15.4 Å². The van der Waals surface area contributed by atoms with E-state index in [0.29, 0.717) is 22.9 Å². The smallest absolute Gasteiger partial charge is 0.221 e. The van der Waals surface area contributed by atoms with Crippen molar-refractivity contribution in [3.63, 3.8) is 0 Å². The lowest BCUT2D eigenvalue weighted by atomic mass is 9.75. The second kappa shape index (κ2) is 6.37. The molecule has 1 aromatic rings. The van der Waals surface area contributed by atoms with Gasteiger partial charge in [-0.3, -0.25) is 4.79 Å². The van der Waals surface area contributed by atoms with Crippen LogP contribution in [0.25, 0.3) is 0 Å². The number of rotatable bonds is 4. The van der Waals surface area contributed by atoms with Crippen molar-refractivity contribution in [1.29, 1.82) is 0 Å². The molecule has 1 amide bonds. The minimum absolute atomic E-state index is 0.0940. The Kier molecular flexibility index (Phi) is 4.76. The van der Waals surface area contributed by atoms with Crippen LogP contribution < -0.4 is 15.4 Å². The average molecular weight is 290 g/mol. The van der Waals surface area contributed by atoms with Crippen LogP contribution in [-0.4, -0.2) is 19.1 Å². The second-order valence-electron chi connectivity index (χ2n) is 6.68. The maximum atomic E-state index is 11.2. The lowest BCUT2D eigenvalue weighted by Gasteiger charge is -2.35. The molecule has 1 aliphatic rings. The van der Waals surface area contributed by atoms with E-state index >= 15 is 0 Å². The Labute approximate surface area is 127 Å². The number of carbonyl (C=O) groups excluding carboxylic acids is 1. The standard InChI is InChI=1S/C17H26N2O2/c1-12(20)18-15-6-5-14(11-16(15)21-4)19-13-7-9-17(2,3)10-8-13/h5-6,11,13,19H,7-10H2,1-4H3,(H,18,20). The van der Waals surface area contributed by atoms with Crippen molar-refractivity contribution >= 4 is 17.3 Å². The summed E-state index contributed by atoms with van der Waals surface area (Å²) in [7, 11) is 1.62. The summed E-state index contributed by atoms with van der Waals surface area (Å²) >= 11 is 0. The Bertz CT molecular complexity index is 502. The van der Waals surface area contributed by atoms with Crippen LogP contribution in [0.2, 0.25) is 0 Å². The Hall–Kier alpha value is -1.71. The molecule has 1 saturated carbocycles. The topological polar surface area (TPSA) is 50.4 Å². The fraction of sp³-hybridized carbons (Fsp3) is 0.588. The molecule has 4 heteroatoms. The molecule has 1 fully saturated rings. The Morgan fingerprint density at radius 1 is 1.29 bits per heavy atom. The number of benzene rings is 1. The number of hydrogen-bond donors (Lipinski definition) is 2. The van der Waals surface area contributed by atoms with E-state index in [4.69, 9.17) is 4.74 Å². The highest BCUT2D eigenvalue weighted by atomic mass is 16.5. The molecule has 2 rings (SSSR count). The van der Waals surface area contributed by atoms with E-state index in [1.54, 1.807) is 7.11 Å². The number of amides is 1. The van der Waals surface area contributed by atoms with Gasteiger partial charge in [-0.15, -0.1) is 0 Å². The van der Waals surface area contributed by atoms with Crippen LogP contribution in [0.3, 0.4) is 0 Å². The molecule has 116 valence electrons. The maximum Gasteiger partial charge on any atom is 0.221 e. The molecule has 0 spiro atoms. The molecule has 0 saturated heterocycles. The normalized spacial score (nSPS) is 18.1. The van der Waals surface area contributed by atoms with Gasteiger partial charge >= 0.3 is 0 Å². The average Bonchev–Trinajstić information content (AvgIpc) is 2.42. The molecule has 0 aliphatic heterocycles. The van der Waals surface area contributed by atoms with Gasteiger partial charge in [-0.05, 0) is 43.2 Å². The second-order valence-corrected chi connectivity index (χ2v) is 6.68. The van der Waals surface area contributed by atoms with Gasteiger partial charge in [0.2, 0.25) is 5.91 Å². The number of hydrogen-bond acceptors (Lipinski definition) is 3. The van der Waals surface area contributed by atoms with Crippen LogP contribution in [0.4, 0.5) is 11.4 Å². The number of carbonyl (C=O) groups is 1. The summed E-state index contributed by atoms with van der Waals surface area (Å²) in [5.74, 6) is 0.592. The molecular formula is C17H26N2O2. The third-order valence-corrected chi connectivity index (χ3v) is 4.22. The highest BCUT2D eigenvalue weighted by molar-refractivity contribution is 5.90. The Morgan fingerprint density at radius 3 is 2.52 bits per heavy atom. The summed E-state index contributed by atoms with van der Waals surface area (Å²) < 4.78 is 5.35. The van der Waals surface area contributed by atoms with E-state index in [0.717, 1.165) is 5.69 Å². The van der Waals surface area contributed by atoms with Gasteiger partial charge in [0.15, 0.2) is 0 Å². The van der Waals surface area contributed by atoms with Gasteiger partial charge in [0, 0.05) is 24.7 Å². The monoisotopic (exact) mass is 290 g/mol. The van der Waals surface area contributed by atoms with Crippen molar-refractivity contribution in [2.75, 3.05) is 17.7 Å². The maximum absolute atomic E-state index is 11.2. The Balaban J connectivity index is 2.02. The molecule has 0 radical (unpaired) electrons. The number of methoxy groups -OCH3 is 1. The lowest BCUT2D eigenvalue weighted by molar-refractivity contribution is -0.114. The molecule has 2 N–H and O–H groups in total. The molecule has 1 aliphatic carbocycles. The van der Waals surface area contributed by atoms with E-state index < -0.39 is 0 Å². The van der Waals surface area contributed by atoms with Crippen LogP contribution >= 0.6 is 0 Å². The predicted molar refractivity (Wildman–Crippen MR) is 87.0 cm³/mol. The SMILES string of the molecule is COc1cc(NC2CCC(C)(C)CC2)ccc1NC(C)=O. The van der Waals surface area contributed by atoms with Gasteiger partial charge in [-0.2, -0.15) is 0 Å². The van der Waals surface area contributed by atoms with Gasteiger partial charge in [0.25, 0.3) is 0 Å². The molecule has 0 bridgehead atoms. The highest BCUT2D eigenvalue weighted by Crippen LogP contribution is 2.36. The molecule has 0 unspecified atom stereocenters. The minimum Gasteiger partial charge on any atom is -0.494 e. The third-order valence-electron chi connectivity index (χ3n) is 4.22. The minimum atomic E-state index is -0.0940. The summed E-state index contributed by atoms with van der Waals surface area (Å²) in [5, 5.41) is 6.36. The van der Waals surface area contributed by atoms with Crippen molar-refractivity contribution in [2.24, 2.45) is 5.41 Å². The summed E-state index contributed by atoms with van der Waals surface area (Å²) in [4.78, 5) is 11.2. The quantitative estimate of drug-likeness (QED) is 0.880. The van der Waals surface area contributed by atoms with Crippen molar-refractivity contribution in [3.05, 3.63) is 18.2 Å². The number of anilines is 2. The summed E-state index contributed by atoms with van der Waals surface area (Å²) in [6.07, 6.45) is 4.91. The van der Waals surface area contributed by atoms with Crippen molar-refractivity contribution in [2.45, 2.75) is 52.5 Å². The zero-order chi connectivity index (χ0) is 15.5. The first-order chi connectivity index (χ1) is 9.89. The van der Waals surface area contributed by atoms with Gasteiger partial charge in [0.05, 0.1) is 12.8 Å². The first kappa shape index (κ1) is 15.7. The largest absolute Gasteiger partial charge is 0.494 e. The first-order valence-electron chi connectivity index (χ1n) is 7.62. The van der Waals surface area contributed by atoms with Crippen molar-refractivity contribution in [1.82, 2.24) is 0 Å². The summed E-state index contributed by atoms with van der Waals surface area (Å²) in [6.45, 7) is 6.18. The fourth-order valence-corrected chi connectivity index (χ4v) is 2.85. The molecule has 21 heavy (non-hydrogen) atoms. The molecular weight excluding hydrogens is 264 g/mol. The molecule has 1 aromatic carbocycles. The predicted octanol–water partition coefficient (Wildman–Crippen LogP) is 4.03. The van der Waals surface area contributed by atoms with E-state index in [2.05, 4.69) is 24.5 Å². The van der Waals surface area contributed by atoms with Crippen molar-refractivity contribution in [3.8, 4) is 5.75 Å². The van der Waals surface area contributed by atoms with Crippen molar-refractivity contribution < 1.29 is 9.53 Å². The van der Waals surface area contributed by atoms with Gasteiger partial charge in [0.1, 0.15) is 5.75 Å². The van der Waals surface area contributed by atoms with Crippen LogP contribution in [0.15, 0.2) is 18.2 Å². The van der Waals surface area contributed by atoms with Crippen LogP contribution in [-0.2, 0) is 4.79 Å². The van der Waals surface area contributed by atoms with E-state index in [9.17, 15) is 4.79 Å². The van der Waals surface area contributed by atoms with E-state index in [1.165, 1.54) is 32.6 Å². The number of ether oxygens (including phenoxy) is 1. The summed E-state index contributed by atoms with van der Waals surface area (Å²) in [5.41, 5.74) is 2.23.